The van der Waals surface area contributed by atoms with Crippen molar-refractivity contribution in [2.75, 3.05) is 13.1 Å². The van der Waals surface area contributed by atoms with Gasteiger partial charge < -0.3 is 5.32 Å². The Balaban J connectivity index is 2.16. The van der Waals surface area contributed by atoms with Crippen LogP contribution >= 0.6 is 0 Å². The van der Waals surface area contributed by atoms with E-state index in [0.717, 1.165) is 25.9 Å². The smallest absolute Gasteiger partial charge is 0.0703 e. The highest BCUT2D eigenvalue weighted by molar-refractivity contribution is 5.10. The van der Waals surface area contributed by atoms with Crippen LogP contribution in [0.1, 0.15) is 33.6 Å². The predicted molar refractivity (Wildman–Crippen MR) is 49.6 cm³/mol. The molecular weight excluding hydrogens is 148 g/mol. The quantitative estimate of drug-likeness (QED) is 0.695. The summed E-state index contributed by atoms with van der Waals surface area (Å²) in [6, 6.07) is 2.38. The summed E-state index contributed by atoms with van der Waals surface area (Å²) in [6.45, 7) is 8.47. The Morgan fingerprint density at radius 1 is 1.42 bits per heavy atom. The molecule has 1 aliphatic rings. The third kappa shape index (κ3) is 2.83. The van der Waals surface area contributed by atoms with E-state index in [2.05, 4.69) is 32.2 Å². The summed E-state index contributed by atoms with van der Waals surface area (Å²) in [5, 5.41) is 12.2. The summed E-state index contributed by atoms with van der Waals surface area (Å²) >= 11 is 0. The summed E-state index contributed by atoms with van der Waals surface area (Å²) in [7, 11) is 0. The van der Waals surface area contributed by atoms with Crippen LogP contribution in [0.2, 0.25) is 0 Å². The van der Waals surface area contributed by atoms with Gasteiger partial charge in [-0.05, 0) is 18.3 Å². The largest absolute Gasteiger partial charge is 0.315 e. The highest BCUT2D eigenvalue weighted by Crippen LogP contribution is 2.44. The van der Waals surface area contributed by atoms with Gasteiger partial charge >= 0.3 is 0 Å². The van der Waals surface area contributed by atoms with E-state index in [1.165, 1.54) is 0 Å². The first-order valence-corrected chi connectivity index (χ1v) is 4.59. The molecule has 1 saturated carbocycles. The second-order valence-corrected chi connectivity index (χ2v) is 5.06. The Labute approximate surface area is 75.0 Å². The molecule has 0 heterocycles. The predicted octanol–water partition coefficient (Wildman–Crippen LogP) is 1.93. The molecule has 12 heavy (non-hydrogen) atoms. The highest BCUT2D eigenvalue weighted by atomic mass is 14.9. The minimum absolute atomic E-state index is 0.00521. The molecule has 0 bridgehead atoms. The lowest BCUT2D eigenvalue weighted by Gasteiger charge is -2.19. The van der Waals surface area contributed by atoms with E-state index in [1.54, 1.807) is 0 Å². The Bertz CT molecular complexity index is 191. The average Bonchev–Trinajstić information content (AvgIpc) is 2.67. The highest BCUT2D eigenvalue weighted by Gasteiger charge is 2.42. The Kier molecular flexibility index (Phi) is 2.44. The fourth-order valence-corrected chi connectivity index (χ4v) is 1.16. The molecule has 0 amide bonds. The molecule has 0 saturated heterocycles. The van der Waals surface area contributed by atoms with Gasteiger partial charge in [-0.2, -0.15) is 5.26 Å². The molecule has 2 heteroatoms. The first-order chi connectivity index (χ1) is 5.47. The summed E-state index contributed by atoms with van der Waals surface area (Å²) in [5.41, 5.74) is 0.330. The molecule has 0 aromatic rings. The van der Waals surface area contributed by atoms with Gasteiger partial charge in [-0.3, -0.25) is 0 Å². The van der Waals surface area contributed by atoms with Gasteiger partial charge in [0.25, 0.3) is 0 Å². The molecule has 0 spiro atoms. The summed E-state index contributed by atoms with van der Waals surface area (Å²) in [4.78, 5) is 0. The van der Waals surface area contributed by atoms with Gasteiger partial charge in [-0.15, -0.1) is 0 Å². The van der Waals surface area contributed by atoms with Crippen molar-refractivity contribution >= 4 is 0 Å². The van der Waals surface area contributed by atoms with Gasteiger partial charge in [0.05, 0.1) is 11.5 Å². The van der Waals surface area contributed by atoms with E-state index in [0.29, 0.717) is 5.41 Å². The Morgan fingerprint density at radius 2 is 2.00 bits per heavy atom. The maximum Gasteiger partial charge on any atom is 0.0703 e. The van der Waals surface area contributed by atoms with Crippen LogP contribution in [0.25, 0.3) is 0 Å². The van der Waals surface area contributed by atoms with Gasteiger partial charge in [-0.25, -0.2) is 0 Å². The van der Waals surface area contributed by atoms with Crippen molar-refractivity contribution in [3.8, 4) is 6.07 Å². The second-order valence-electron chi connectivity index (χ2n) is 5.06. The molecule has 1 N–H and O–H groups in total. The molecule has 0 unspecified atom stereocenters. The maximum absolute atomic E-state index is 8.80. The molecular formula is C10H18N2. The van der Waals surface area contributed by atoms with Gasteiger partial charge in [0.15, 0.2) is 0 Å². The Hall–Kier alpha value is -0.550. The topological polar surface area (TPSA) is 35.8 Å². The first kappa shape index (κ1) is 9.54. The molecule has 1 rings (SSSR count). The van der Waals surface area contributed by atoms with Gasteiger partial charge in [0.1, 0.15) is 0 Å². The lowest BCUT2D eigenvalue weighted by Crippen LogP contribution is -2.31. The van der Waals surface area contributed by atoms with E-state index < -0.39 is 0 Å². The molecule has 0 aromatic carbocycles. The third-order valence-corrected chi connectivity index (χ3v) is 2.21. The zero-order valence-electron chi connectivity index (χ0n) is 8.28. The summed E-state index contributed by atoms with van der Waals surface area (Å²) in [5.74, 6) is 0. The van der Waals surface area contributed by atoms with E-state index in [9.17, 15) is 0 Å². The number of rotatable bonds is 3. The SMILES string of the molecule is CC(C)(C)CNCC1(C#N)CC1. The maximum atomic E-state index is 8.80. The van der Waals surface area contributed by atoms with Crippen LogP contribution in [0.4, 0.5) is 0 Å². The van der Waals surface area contributed by atoms with Crippen LogP contribution in [-0.2, 0) is 0 Å². The van der Waals surface area contributed by atoms with Crippen LogP contribution in [0.3, 0.4) is 0 Å². The first-order valence-electron chi connectivity index (χ1n) is 4.59. The summed E-state index contributed by atoms with van der Waals surface area (Å²) < 4.78 is 0. The lowest BCUT2D eigenvalue weighted by atomic mass is 9.96. The van der Waals surface area contributed by atoms with Crippen molar-refractivity contribution in [3.63, 3.8) is 0 Å². The molecule has 1 aliphatic carbocycles. The number of nitrogens with zero attached hydrogens (tertiary/aromatic N) is 1. The number of hydrogen-bond donors (Lipinski definition) is 1. The van der Waals surface area contributed by atoms with Crippen LogP contribution in [0.5, 0.6) is 0 Å². The molecule has 68 valence electrons. The van der Waals surface area contributed by atoms with Crippen molar-refractivity contribution in [3.05, 3.63) is 0 Å². The van der Waals surface area contributed by atoms with E-state index in [4.69, 9.17) is 5.26 Å². The zero-order valence-corrected chi connectivity index (χ0v) is 8.28. The van der Waals surface area contributed by atoms with Gasteiger partial charge in [0, 0.05) is 13.1 Å². The number of hydrogen-bond acceptors (Lipinski definition) is 2. The molecule has 2 nitrogen and oxygen atoms in total. The van der Waals surface area contributed by atoms with Gasteiger partial charge in [0.2, 0.25) is 0 Å². The summed E-state index contributed by atoms with van der Waals surface area (Å²) in [6.07, 6.45) is 2.17. The van der Waals surface area contributed by atoms with E-state index in [1.807, 2.05) is 0 Å². The molecule has 1 fully saturated rings. The monoisotopic (exact) mass is 166 g/mol. The van der Waals surface area contributed by atoms with Gasteiger partial charge in [-0.1, -0.05) is 20.8 Å². The lowest BCUT2D eigenvalue weighted by molar-refractivity contribution is 0.368. The molecule has 0 aromatic heterocycles. The molecule has 0 radical (unpaired) electrons. The second kappa shape index (κ2) is 3.06. The van der Waals surface area contributed by atoms with Crippen molar-refractivity contribution < 1.29 is 0 Å². The van der Waals surface area contributed by atoms with E-state index >= 15 is 0 Å². The normalized spacial score (nSPS) is 20.2. The number of nitrogens with one attached hydrogen (secondary N) is 1. The average molecular weight is 166 g/mol. The van der Waals surface area contributed by atoms with Crippen molar-refractivity contribution in [2.45, 2.75) is 33.6 Å². The Morgan fingerprint density at radius 3 is 2.33 bits per heavy atom. The van der Waals surface area contributed by atoms with Crippen molar-refractivity contribution in [1.82, 2.24) is 5.32 Å². The fourth-order valence-electron chi connectivity index (χ4n) is 1.16. The number of nitriles is 1. The van der Waals surface area contributed by atoms with Crippen molar-refractivity contribution in [2.24, 2.45) is 10.8 Å². The van der Waals surface area contributed by atoms with E-state index in [-0.39, 0.29) is 5.41 Å². The van der Waals surface area contributed by atoms with Crippen LogP contribution < -0.4 is 5.32 Å². The zero-order chi connectivity index (χ0) is 9.24. The minimum atomic E-state index is 0.00521. The third-order valence-electron chi connectivity index (χ3n) is 2.21. The fraction of sp³-hybridized carbons (Fsp3) is 0.900. The van der Waals surface area contributed by atoms with Crippen LogP contribution in [0, 0.1) is 22.2 Å². The van der Waals surface area contributed by atoms with Crippen LogP contribution in [0.15, 0.2) is 0 Å². The standard InChI is InChI=1S/C10H18N2/c1-9(2,3)7-12-8-10(6-11)4-5-10/h12H,4-5,7-8H2,1-3H3. The minimum Gasteiger partial charge on any atom is -0.315 e. The molecule has 0 atom stereocenters. The van der Waals surface area contributed by atoms with Crippen molar-refractivity contribution in [1.29, 1.82) is 5.26 Å². The van der Waals surface area contributed by atoms with Crippen LogP contribution in [-0.4, -0.2) is 13.1 Å². The molecule has 0 aliphatic heterocycles.